The van der Waals surface area contributed by atoms with Gasteiger partial charge in [-0.25, -0.2) is 0 Å². The number of rotatable bonds is 10. The molecular formula is C18H29NO2. The zero-order chi connectivity index (χ0) is 16.0. The van der Waals surface area contributed by atoms with Crippen LogP contribution in [0.15, 0.2) is 48.6 Å². The molecule has 0 saturated carbocycles. The third-order valence-corrected chi connectivity index (χ3v) is 2.59. The number of nitrogens with one attached hydrogen (secondary N) is 1. The summed E-state index contributed by atoms with van der Waals surface area (Å²) in [6.07, 6.45) is 19.9. The van der Waals surface area contributed by atoms with E-state index < -0.39 is 5.60 Å². The van der Waals surface area contributed by atoms with Crippen molar-refractivity contribution < 1.29 is 9.90 Å². The molecule has 3 nitrogen and oxygen atoms in total. The van der Waals surface area contributed by atoms with E-state index in [4.69, 9.17) is 0 Å². The standard InChI is InChI=1S/C18H29NO2/c1-4-5-6-7-8-9-10-11-12-13-14-15-17(20)19-16-18(2,3)21/h4-5,8-9,12-15,21H,6-7,10-11,16H2,1-3H3,(H,19,20)/b5-4-,9-8-,13-12+,15-14+. The molecule has 0 spiro atoms. The van der Waals surface area contributed by atoms with E-state index >= 15 is 0 Å². The Morgan fingerprint density at radius 2 is 1.57 bits per heavy atom. The van der Waals surface area contributed by atoms with Gasteiger partial charge >= 0.3 is 0 Å². The van der Waals surface area contributed by atoms with Crippen molar-refractivity contribution in [3.05, 3.63) is 48.6 Å². The highest BCUT2D eigenvalue weighted by Crippen LogP contribution is 1.98. The second-order valence-electron chi connectivity index (χ2n) is 5.51. The number of hydrogen-bond acceptors (Lipinski definition) is 2. The molecule has 2 N–H and O–H groups in total. The zero-order valence-corrected chi connectivity index (χ0v) is 13.5. The summed E-state index contributed by atoms with van der Waals surface area (Å²) < 4.78 is 0. The molecule has 0 aliphatic rings. The normalized spacial score (nSPS) is 13.1. The maximum Gasteiger partial charge on any atom is 0.244 e. The first kappa shape index (κ1) is 19.4. The van der Waals surface area contributed by atoms with Gasteiger partial charge in [-0.1, -0.05) is 42.5 Å². The highest BCUT2D eigenvalue weighted by Gasteiger charge is 2.12. The summed E-state index contributed by atoms with van der Waals surface area (Å²) >= 11 is 0. The van der Waals surface area contributed by atoms with E-state index in [1.54, 1.807) is 19.9 Å². The maximum atomic E-state index is 11.4. The molecule has 3 heteroatoms. The summed E-state index contributed by atoms with van der Waals surface area (Å²) in [5.41, 5.74) is -0.876. The highest BCUT2D eigenvalue weighted by molar-refractivity contribution is 5.87. The number of allylic oxidation sites excluding steroid dienone is 7. The number of carbonyl (C=O) groups is 1. The van der Waals surface area contributed by atoms with Crippen LogP contribution in [0.25, 0.3) is 0 Å². The lowest BCUT2D eigenvalue weighted by Crippen LogP contribution is -2.37. The van der Waals surface area contributed by atoms with Crippen LogP contribution in [0.2, 0.25) is 0 Å². The van der Waals surface area contributed by atoms with Crippen LogP contribution in [0.3, 0.4) is 0 Å². The predicted molar refractivity (Wildman–Crippen MR) is 90.0 cm³/mol. The van der Waals surface area contributed by atoms with Gasteiger partial charge in [0.1, 0.15) is 0 Å². The van der Waals surface area contributed by atoms with E-state index in [1.165, 1.54) is 6.08 Å². The molecule has 0 saturated heterocycles. The lowest BCUT2D eigenvalue weighted by atomic mass is 10.1. The maximum absolute atomic E-state index is 11.4. The summed E-state index contributed by atoms with van der Waals surface area (Å²) in [6, 6.07) is 0. The molecule has 1 amide bonds. The van der Waals surface area contributed by atoms with Crippen LogP contribution in [0.4, 0.5) is 0 Å². The van der Waals surface area contributed by atoms with E-state index in [2.05, 4.69) is 29.6 Å². The van der Waals surface area contributed by atoms with Crippen LogP contribution >= 0.6 is 0 Å². The minimum atomic E-state index is -0.876. The van der Waals surface area contributed by atoms with E-state index in [-0.39, 0.29) is 12.5 Å². The van der Waals surface area contributed by atoms with Gasteiger partial charge in [0.2, 0.25) is 5.91 Å². The second-order valence-corrected chi connectivity index (χ2v) is 5.51. The molecule has 0 bridgehead atoms. The number of aliphatic hydroxyl groups is 1. The molecule has 0 aromatic rings. The van der Waals surface area contributed by atoms with Crippen molar-refractivity contribution in [2.75, 3.05) is 6.54 Å². The Hall–Kier alpha value is -1.61. The average molecular weight is 291 g/mol. The largest absolute Gasteiger partial charge is 0.389 e. The van der Waals surface area contributed by atoms with E-state index in [0.717, 1.165) is 25.7 Å². The van der Waals surface area contributed by atoms with Gasteiger partial charge < -0.3 is 10.4 Å². The van der Waals surface area contributed by atoms with Gasteiger partial charge in [-0.3, -0.25) is 4.79 Å². The molecule has 0 aromatic carbocycles. The summed E-state index contributed by atoms with van der Waals surface area (Å²) in [5.74, 6) is -0.189. The Labute approximate surface area is 129 Å². The van der Waals surface area contributed by atoms with Crippen molar-refractivity contribution in [2.45, 2.75) is 52.1 Å². The first-order valence-corrected chi connectivity index (χ1v) is 7.55. The Morgan fingerprint density at radius 1 is 1.00 bits per heavy atom. The zero-order valence-electron chi connectivity index (χ0n) is 13.5. The van der Waals surface area contributed by atoms with Crippen molar-refractivity contribution in [1.29, 1.82) is 0 Å². The Kier molecular flexibility index (Phi) is 11.2. The molecular weight excluding hydrogens is 262 g/mol. The first-order chi connectivity index (χ1) is 9.95. The SMILES string of the molecule is C/C=C\CC/C=C\CC/C=C/C=C/C(=O)NCC(C)(C)O. The summed E-state index contributed by atoms with van der Waals surface area (Å²) in [4.78, 5) is 11.4. The molecule has 0 radical (unpaired) electrons. The Morgan fingerprint density at radius 3 is 2.14 bits per heavy atom. The van der Waals surface area contributed by atoms with E-state index in [0.29, 0.717) is 0 Å². The van der Waals surface area contributed by atoms with Crippen molar-refractivity contribution >= 4 is 5.91 Å². The van der Waals surface area contributed by atoms with Gasteiger partial charge in [0.05, 0.1) is 5.60 Å². The van der Waals surface area contributed by atoms with Crippen LogP contribution in [-0.2, 0) is 4.79 Å². The van der Waals surface area contributed by atoms with Gasteiger partial charge in [-0.05, 0) is 46.5 Å². The van der Waals surface area contributed by atoms with Crippen LogP contribution in [0.1, 0.15) is 46.5 Å². The number of unbranched alkanes of at least 4 members (excludes halogenated alkanes) is 2. The van der Waals surface area contributed by atoms with Crippen molar-refractivity contribution in [2.24, 2.45) is 0 Å². The quantitative estimate of drug-likeness (QED) is 0.279. The van der Waals surface area contributed by atoms with Crippen LogP contribution in [0.5, 0.6) is 0 Å². The molecule has 0 aliphatic carbocycles. The molecule has 0 unspecified atom stereocenters. The lowest BCUT2D eigenvalue weighted by molar-refractivity contribution is -0.117. The van der Waals surface area contributed by atoms with E-state index in [9.17, 15) is 9.90 Å². The summed E-state index contributed by atoms with van der Waals surface area (Å²) in [7, 11) is 0. The average Bonchev–Trinajstić information content (AvgIpc) is 2.42. The van der Waals surface area contributed by atoms with Crippen molar-refractivity contribution in [1.82, 2.24) is 5.32 Å². The number of hydrogen-bond donors (Lipinski definition) is 2. The van der Waals surface area contributed by atoms with Gasteiger partial charge in [-0.15, -0.1) is 0 Å². The third-order valence-electron chi connectivity index (χ3n) is 2.59. The monoisotopic (exact) mass is 291 g/mol. The number of amides is 1. The van der Waals surface area contributed by atoms with Gasteiger partial charge in [0.15, 0.2) is 0 Å². The topological polar surface area (TPSA) is 49.3 Å². The molecule has 0 atom stereocenters. The lowest BCUT2D eigenvalue weighted by Gasteiger charge is -2.16. The van der Waals surface area contributed by atoms with E-state index in [1.807, 2.05) is 19.1 Å². The van der Waals surface area contributed by atoms with Gasteiger partial charge in [0, 0.05) is 12.6 Å². The number of carbonyl (C=O) groups excluding carboxylic acids is 1. The Balaban J connectivity index is 3.66. The molecule has 0 heterocycles. The third kappa shape index (κ3) is 16.3. The predicted octanol–water partition coefficient (Wildman–Crippen LogP) is 3.68. The molecule has 118 valence electrons. The molecule has 0 aromatic heterocycles. The van der Waals surface area contributed by atoms with Crippen LogP contribution in [0, 0.1) is 0 Å². The smallest absolute Gasteiger partial charge is 0.244 e. The van der Waals surface area contributed by atoms with Crippen LogP contribution in [-0.4, -0.2) is 23.2 Å². The molecule has 21 heavy (non-hydrogen) atoms. The minimum Gasteiger partial charge on any atom is -0.389 e. The summed E-state index contributed by atoms with van der Waals surface area (Å²) in [5, 5.41) is 12.1. The first-order valence-electron chi connectivity index (χ1n) is 7.55. The highest BCUT2D eigenvalue weighted by atomic mass is 16.3. The summed E-state index contributed by atoms with van der Waals surface area (Å²) in [6.45, 7) is 5.59. The molecule has 0 aliphatic heterocycles. The van der Waals surface area contributed by atoms with Crippen molar-refractivity contribution in [3.8, 4) is 0 Å². The van der Waals surface area contributed by atoms with Gasteiger partial charge in [-0.2, -0.15) is 0 Å². The Bertz CT molecular complexity index is 385. The fraction of sp³-hybridized carbons (Fsp3) is 0.500. The fourth-order valence-corrected chi connectivity index (χ4v) is 1.47. The minimum absolute atomic E-state index is 0.189. The van der Waals surface area contributed by atoms with Crippen molar-refractivity contribution in [3.63, 3.8) is 0 Å². The van der Waals surface area contributed by atoms with Crippen LogP contribution < -0.4 is 5.32 Å². The van der Waals surface area contributed by atoms with Gasteiger partial charge in [0.25, 0.3) is 0 Å². The molecule has 0 fully saturated rings. The molecule has 0 rings (SSSR count). The fourth-order valence-electron chi connectivity index (χ4n) is 1.47. The second kappa shape index (κ2) is 12.2.